The lowest BCUT2D eigenvalue weighted by Crippen LogP contribution is -2.54. The molecule has 0 fully saturated rings. The zero-order valence-corrected chi connectivity index (χ0v) is 21.4. The van der Waals surface area contributed by atoms with Gasteiger partial charge in [0.2, 0.25) is 5.41 Å². The number of hydrogen-bond donors (Lipinski definition) is 0. The van der Waals surface area contributed by atoms with Crippen molar-refractivity contribution >= 4 is 22.6 Å². The number of ether oxygens (including phenoxy) is 2. The van der Waals surface area contributed by atoms with Crippen LogP contribution in [0, 0.1) is 10.5 Å². The number of rotatable bonds is 6. The predicted octanol–water partition coefficient (Wildman–Crippen LogP) is 9.59. The molecule has 0 aliphatic heterocycles. The average Bonchev–Trinajstić information content (AvgIpc) is 2.83. The standard InChI is InChI=1S/C28H19F6IO2/c1-18-2-10-22(11-3-18)36-23-12-4-19(5-13-23)26(27(29,30)31,28(32,33)34)20-6-14-24(15-7-20)37-25-16-8-21(35)9-17-25/h2-17H,1H3. The van der Waals surface area contributed by atoms with Gasteiger partial charge in [0.1, 0.15) is 23.0 Å². The van der Waals surface area contributed by atoms with E-state index in [0.717, 1.165) is 57.7 Å². The number of benzene rings is 4. The lowest BCUT2D eigenvalue weighted by molar-refractivity contribution is -0.288. The second-order valence-electron chi connectivity index (χ2n) is 8.27. The van der Waals surface area contributed by atoms with E-state index in [1.807, 2.05) is 6.92 Å². The molecule has 4 aromatic carbocycles. The molecule has 2 nitrogen and oxygen atoms in total. The number of aryl methyl sites for hydroxylation is 1. The minimum atomic E-state index is -5.69. The zero-order chi connectivity index (χ0) is 26.8. The summed E-state index contributed by atoms with van der Waals surface area (Å²) in [6.07, 6.45) is -11.4. The summed E-state index contributed by atoms with van der Waals surface area (Å²) in [6.45, 7) is 1.87. The predicted molar refractivity (Wildman–Crippen MR) is 136 cm³/mol. The molecule has 0 unspecified atom stereocenters. The molecule has 0 aromatic heterocycles. The molecule has 0 saturated carbocycles. The van der Waals surface area contributed by atoms with Gasteiger partial charge in [-0.25, -0.2) is 0 Å². The van der Waals surface area contributed by atoms with Gasteiger partial charge in [0.05, 0.1) is 0 Å². The summed E-state index contributed by atoms with van der Waals surface area (Å²) in [5.74, 6) is 1.01. The minimum Gasteiger partial charge on any atom is -0.457 e. The SMILES string of the molecule is Cc1ccc(Oc2ccc(C(c3ccc(Oc4ccc(I)cc4)cc3)(C(F)(F)F)C(F)(F)F)cc2)cc1. The first kappa shape index (κ1) is 26.8. The van der Waals surface area contributed by atoms with Crippen LogP contribution in [0.15, 0.2) is 97.1 Å². The van der Waals surface area contributed by atoms with Crippen LogP contribution in [0.4, 0.5) is 26.3 Å². The van der Waals surface area contributed by atoms with Crippen molar-refractivity contribution < 1.29 is 35.8 Å². The molecule has 0 amide bonds. The van der Waals surface area contributed by atoms with E-state index in [4.69, 9.17) is 9.47 Å². The summed E-state index contributed by atoms with van der Waals surface area (Å²) in [5.41, 5.74) is -5.24. The Hall–Kier alpha value is -3.21. The molecule has 9 heteroatoms. The van der Waals surface area contributed by atoms with Crippen LogP contribution < -0.4 is 9.47 Å². The highest BCUT2D eigenvalue weighted by molar-refractivity contribution is 14.1. The highest BCUT2D eigenvalue weighted by Crippen LogP contribution is 2.56. The smallest absolute Gasteiger partial charge is 0.411 e. The van der Waals surface area contributed by atoms with Crippen LogP contribution in [0.1, 0.15) is 16.7 Å². The molecule has 0 bridgehead atoms. The maximum absolute atomic E-state index is 14.4. The molecule has 0 N–H and O–H groups in total. The Morgan fingerprint density at radius 1 is 0.486 bits per heavy atom. The first-order valence-electron chi connectivity index (χ1n) is 10.9. The summed E-state index contributed by atoms with van der Waals surface area (Å²) in [5, 5.41) is 0. The van der Waals surface area contributed by atoms with Gasteiger partial charge in [0.25, 0.3) is 0 Å². The molecule has 4 rings (SSSR count). The van der Waals surface area contributed by atoms with Crippen LogP contribution in [0.25, 0.3) is 0 Å². The molecule has 192 valence electrons. The number of alkyl halides is 6. The topological polar surface area (TPSA) is 18.5 Å². The van der Waals surface area contributed by atoms with Crippen LogP contribution in [-0.4, -0.2) is 12.4 Å². The molecule has 0 heterocycles. The Morgan fingerprint density at radius 3 is 1.11 bits per heavy atom. The van der Waals surface area contributed by atoms with Gasteiger partial charge in [-0.05, 0) is 101 Å². The normalized spacial score (nSPS) is 12.3. The third kappa shape index (κ3) is 5.56. The lowest BCUT2D eigenvalue weighted by Gasteiger charge is -2.38. The van der Waals surface area contributed by atoms with E-state index in [-0.39, 0.29) is 11.5 Å². The largest absolute Gasteiger partial charge is 0.457 e. The number of halogens is 7. The summed E-state index contributed by atoms with van der Waals surface area (Å²) in [4.78, 5) is 0. The average molecular weight is 628 g/mol. The zero-order valence-electron chi connectivity index (χ0n) is 19.2. The van der Waals surface area contributed by atoms with Gasteiger partial charge in [-0.3, -0.25) is 0 Å². The van der Waals surface area contributed by atoms with Gasteiger partial charge in [-0.2, -0.15) is 26.3 Å². The van der Waals surface area contributed by atoms with Gasteiger partial charge in [0.15, 0.2) is 0 Å². The monoisotopic (exact) mass is 628 g/mol. The fraction of sp³-hybridized carbons (Fsp3) is 0.143. The van der Waals surface area contributed by atoms with E-state index in [9.17, 15) is 26.3 Å². The molecule has 0 saturated heterocycles. The third-order valence-corrected chi connectivity index (χ3v) is 6.45. The Labute approximate surface area is 223 Å². The summed E-state index contributed by atoms with van der Waals surface area (Å²) < 4.78 is 98.7. The van der Waals surface area contributed by atoms with E-state index >= 15 is 0 Å². The maximum Gasteiger partial charge on any atom is 0.411 e. The van der Waals surface area contributed by atoms with Crippen molar-refractivity contribution in [3.63, 3.8) is 0 Å². The Bertz CT molecular complexity index is 1220. The van der Waals surface area contributed by atoms with Crippen LogP contribution >= 0.6 is 22.6 Å². The molecule has 37 heavy (non-hydrogen) atoms. The second kappa shape index (κ2) is 10.3. The summed E-state index contributed by atoms with van der Waals surface area (Å²) in [6, 6.07) is 21.2. The number of hydrogen-bond acceptors (Lipinski definition) is 2. The van der Waals surface area contributed by atoms with Gasteiger partial charge in [-0.15, -0.1) is 0 Å². The van der Waals surface area contributed by atoms with Crippen LogP contribution in [0.5, 0.6) is 23.0 Å². The van der Waals surface area contributed by atoms with Crippen molar-refractivity contribution in [1.82, 2.24) is 0 Å². The Morgan fingerprint density at radius 2 is 0.784 bits per heavy atom. The maximum atomic E-state index is 14.4. The first-order valence-corrected chi connectivity index (χ1v) is 12.0. The molecule has 0 radical (unpaired) electrons. The molecular weight excluding hydrogens is 609 g/mol. The molecule has 0 atom stereocenters. The highest BCUT2D eigenvalue weighted by atomic mass is 127. The first-order chi connectivity index (χ1) is 17.4. The molecule has 4 aromatic rings. The third-order valence-electron chi connectivity index (χ3n) is 5.73. The Balaban J connectivity index is 1.71. The summed E-state index contributed by atoms with van der Waals surface area (Å²) in [7, 11) is 0. The van der Waals surface area contributed by atoms with Crippen molar-refractivity contribution in [2.45, 2.75) is 24.7 Å². The lowest BCUT2D eigenvalue weighted by atomic mass is 9.73. The minimum absolute atomic E-state index is 0.102. The molecule has 0 spiro atoms. The van der Waals surface area contributed by atoms with E-state index in [2.05, 4.69) is 22.6 Å². The quantitative estimate of drug-likeness (QED) is 0.157. The molecular formula is C28H19F6IO2. The van der Waals surface area contributed by atoms with Crippen LogP contribution in [-0.2, 0) is 5.41 Å². The van der Waals surface area contributed by atoms with E-state index in [1.165, 1.54) is 0 Å². The van der Waals surface area contributed by atoms with Crippen molar-refractivity contribution in [2.75, 3.05) is 0 Å². The fourth-order valence-electron chi connectivity index (χ4n) is 3.91. The fourth-order valence-corrected chi connectivity index (χ4v) is 4.27. The van der Waals surface area contributed by atoms with Crippen molar-refractivity contribution in [1.29, 1.82) is 0 Å². The molecule has 0 aliphatic rings. The molecule has 0 aliphatic carbocycles. The van der Waals surface area contributed by atoms with E-state index < -0.39 is 28.9 Å². The van der Waals surface area contributed by atoms with Crippen molar-refractivity contribution in [2.24, 2.45) is 0 Å². The van der Waals surface area contributed by atoms with Gasteiger partial charge in [-0.1, -0.05) is 42.0 Å². The summed E-state index contributed by atoms with van der Waals surface area (Å²) >= 11 is 2.09. The highest BCUT2D eigenvalue weighted by Gasteiger charge is 2.72. The van der Waals surface area contributed by atoms with Gasteiger partial charge < -0.3 is 9.47 Å². The van der Waals surface area contributed by atoms with Gasteiger partial charge >= 0.3 is 12.4 Å². The van der Waals surface area contributed by atoms with Crippen molar-refractivity contribution in [3.05, 3.63) is 117 Å². The second-order valence-corrected chi connectivity index (χ2v) is 9.51. The van der Waals surface area contributed by atoms with Crippen LogP contribution in [0.3, 0.4) is 0 Å². The van der Waals surface area contributed by atoms with E-state index in [0.29, 0.717) is 11.5 Å². The Kier molecular flexibility index (Phi) is 7.45. The van der Waals surface area contributed by atoms with Crippen LogP contribution in [0.2, 0.25) is 0 Å². The van der Waals surface area contributed by atoms with E-state index in [1.54, 1.807) is 48.5 Å². The van der Waals surface area contributed by atoms with Crippen molar-refractivity contribution in [3.8, 4) is 23.0 Å². The van der Waals surface area contributed by atoms with Gasteiger partial charge in [0, 0.05) is 3.57 Å².